The van der Waals surface area contributed by atoms with Gasteiger partial charge in [0.05, 0.1) is 10.2 Å². The van der Waals surface area contributed by atoms with Crippen LogP contribution in [0.1, 0.15) is 49.6 Å². The highest BCUT2D eigenvalue weighted by Crippen LogP contribution is 2.50. The normalized spacial score (nSPS) is 33.3. The molecule has 1 aromatic heterocycles. The topological polar surface area (TPSA) is 28.5 Å². The third-order valence-corrected chi connectivity index (χ3v) is 7.68. The van der Waals surface area contributed by atoms with Crippen LogP contribution >= 0.6 is 11.3 Å². The quantitative estimate of drug-likeness (QED) is 0.818. The van der Waals surface area contributed by atoms with Gasteiger partial charge in [0.15, 0.2) is 0 Å². The van der Waals surface area contributed by atoms with Crippen LogP contribution in [0.5, 0.6) is 0 Å². The summed E-state index contributed by atoms with van der Waals surface area (Å²) < 4.78 is 1.34. The highest BCUT2D eigenvalue weighted by Gasteiger charge is 2.50. The Hall–Kier alpha value is -1.26. The highest BCUT2D eigenvalue weighted by molar-refractivity contribution is 7.18. The van der Waals surface area contributed by atoms with Crippen LogP contribution in [0, 0.1) is 5.92 Å². The average Bonchev–Trinajstić information content (AvgIpc) is 3.27. The van der Waals surface area contributed by atoms with Crippen LogP contribution in [0.15, 0.2) is 23.2 Å². The Labute approximate surface area is 147 Å². The molecular formula is C20H25N3S. The zero-order valence-electron chi connectivity index (χ0n) is 14.6. The van der Waals surface area contributed by atoms with Crippen molar-refractivity contribution in [1.29, 1.82) is 0 Å². The molecule has 5 rings (SSSR count). The second kappa shape index (κ2) is 5.37. The van der Waals surface area contributed by atoms with Gasteiger partial charge in [-0.05, 0) is 62.8 Å². The molecule has 1 aromatic carbocycles. The number of likely N-dealkylation sites (N-methyl/N-ethyl adjacent to an activating group) is 1. The van der Waals surface area contributed by atoms with E-state index in [-0.39, 0.29) is 0 Å². The molecule has 1 saturated heterocycles. The first-order valence-corrected chi connectivity index (χ1v) is 10.1. The minimum Gasteiger partial charge on any atom is -0.302 e. The fraction of sp³-hybridized carbons (Fsp3) is 0.600. The number of aliphatic imine (C=N–C) groups is 1. The van der Waals surface area contributed by atoms with Crippen molar-refractivity contribution in [2.75, 3.05) is 20.1 Å². The summed E-state index contributed by atoms with van der Waals surface area (Å²) >= 11 is 1.92. The summed E-state index contributed by atoms with van der Waals surface area (Å²) in [5, 5.41) is 1.38. The third kappa shape index (κ3) is 2.26. The van der Waals surface area contributed by atoms with E-state index in [1.54, 1.807) is 0 Å². The van der Waals surface area contributed by atoms with Gasteiger partial charge in [-0.3, -0.25) is 4.99 Å². The molecule has 3 atom stereocenters. The van der Waals surface area contributed by atoms with Crippen LogP contribution in [0.3, 0.4) is 0 Å². The van der Waals surface area contributed by atoms with Crippen LogP contribution in [-0.4, -0.2) is 41.8 Å². The average molecular weight is 340 g/mol. The first-order valence-electron chi connectivity index (χ1n) is 9.28. The number of thiazole rings is 1. The van der Waals surface area contributed by atoms with E-state index >= 15 is 0 Å². The Balaban J connectivity index is 1.51. The molecule has 2 aromatic rings. The van der Waals surface area contributed by atoms with E-state index < -0.39 is 0 Å². The molecule has 24 heavy (non-hydrogen) atoms. The first-order chi connectivity index (χ1) is 11.6. The van der Waals surface area contributed by atoms with Crippen molar-refractivity contribution in [2.45, 2.75) is 50.5 Å². The summed E-state index contributed by atoms with van der Waals surface area (Å²) in [6.07, 6.45) is 6.34. The first kappa shape index (κ1) is 15.0. The van der Waals surface area contributed by atoms with Gasteiger partial charge < -0.3 is 4.90 Å². The zero-order chi connectivity index (χ0) is 16.3. The number of aromatic nitrogens is 1. The SMILES string of the molecule is CC1CCC(c2ccc3sc(C45CCC(C4)N(C)C5)nc3c2)=NC1. The maximum Gasteiger partial charge on any atom is 0.101 e. The maximum atomic E-state index is 5.11. The molecular weight excluding hydrogens is 314 g/mol. The summed E-state index contributed by atoms with van der Waals surface area (Å²) in [6, 6.07) is 7.60. The summed E-state index contributed by atoms with van der Waals surface area (Å²) in [7, 11) is 2.28. The largest absolute Gasteiger partial charge is 0.302 e. The third-order valence-electron chi connectivity index (χ3n) is 6.40. The minimum absolute atomic E-state index is 0.334. The fourth-order valence-corrected chi connectivity index (χ4v) is 6.04. The molecule has 2 bridgehead atoms. The second-order valence-corrected chi connectivity index (χ2v) is 9.26. The predicted molar refractivity (Wildman–Crippen MR) is 101 cm³/mol. The molecule has 3 unspecified atom stereocenters. The van der Waals surface area contributed by atoms with Crippen molar-refractivity contribution in [3.05, 3.63) is 28.8 Å². The van der Waals surface area contributed by atoms with Crippen molar-refractivity contribution in [3.8, 4) is 0 Å². The molecule has 0 N–H and O–H groups in total. The highest BCUT2D eigenvalue weighted by atomic mass is 32.1. The van der Waals surface area contributed by atoms with Gasteiger partial charge in [-0.2, -0.15) is 0 Å². The van der Waals surface area contributed by atoms with Crippen LogP contribution in [-0.2, 0) is 5.41 Å². The van der Waals surface area contributed by atoms with Gasteiger partial charge in [0.1, 0.15) is 5.01 Å². The van der Waals surface area contributed by atoms with Gasteiger partial charge in [-0.25, -0.2) is 4.98 Å². The molecule has 4 heteroatoms. The monoisotopic (exact) mass is 339 g/mol. The molecule has 3 heterocycles. The Morgan fingerprint density at radius 1 is 1.29 bits per heavy atom. The molecule has 0 radical (unpaired) electrons. The number of benzene rings is 1. The molecule has 1 saturated carbocycles. The molecule has 2 fully saturated rings. The minimum atomic E-state index is 0.334. The van der Waals surface area contributed by atoms with Crippen LogP contribution in [0.25, 0.3) is 10.2 Å². The van der Waals surface area contributed by atoms with Gasteiger partial charge in [0.2, 0.25) is 0 Å². The van der Waals surface area contributed by atoms with Crippen molar-refractivity contribution in [1.82, 2.24) is 9.88 Å². The van der Waals surface area contributed by atoms with E-state index in [1.807, 2.05) is 11.3 Å². The molecule has 3 nitrogen and oxygen atoms in total. The smallest absolute Gasteiger partial charge is 0.101 e. The lowest BCUT2D eigenvalue weighted by Crippen LogP contribution is -2.34. The summed E-state index contributed by atoms with van der Waals surface area (Å²) in [6.45, 7) is 4.46. The predicted octanol–water partition coefficient (Wildman–Crippen LogP) is 4.25. The van der Waals surface area contributed by atoms with E-state index in [9.17, 15) is 0 Å². The Bertz CT molecular complexity index is 819. The van der Waals surface area contributed by atoms with E-state index in [0.29, 0.717) is 5.41 Å². The number of rotatable bonds is 2. The number of hydrogen-bond acceptors (Lipinski definition) is 4. The Morgan fingerprint density at radius 3 is 2.92 bits per heavy atom. The fourth-order valence-electron chi connectivity index (χ4n) is 4.88. The molecule has 126 valence electrons. The van der Waals surface area contributed by atoms with E-state index in [4.69, 9.17) is 9.98 Å². The van der Waals surface area contributed by atoms with Crippen LogP contribution < -0.4 is 0 Å². The molecule has 0 amide bonds. The molecule has 2 aliphatic heterocycles. The lowest BCUT2D eigenvalue weighted by Gasteiger charge is -2.28. The van der Waals surface area contributed by atoms with Crippen molar-refractivity contribution in [2.24, 2.45) is 10.9 Å². The Kier molecular flexibility index (Phi) is 3.36. The lowest BCUT2D eigenvalue weighted by molar-refractivity contribution is 0.246. The van der Waals surface area contributed by atoms with Gasteiger partial charge in [-0.15, -0.1) is 11.3 Å². The zero-order valence-corrected chi connectivity index (χ0v) is 15.4. The van der Waals surface area contributed by atoms with Gasteiger partial charge >= 0.3 is 0 Å². The van der Waals surface area contributed by atoms with Gasteiger partial charge in [-0.1, -0.05) is 13.0 Å². The number of hydrogen-bond donors (Lipinski definition) is 0. The maximum absolute atomic E-state index is 5.11. The summed E-state index contributed by atoms with van der Waals surface area (Å²) in [5.41, 5.74) is 4.09. The van der Waals surface area contributed by atoms with Crippen LogP contribution in [0.4, 0.5) is 0 Å². The van der Waals surface area contributed by atoms with Crippen molar-refractivity contribution in [3.63, 3.8) is 0 Å². The molecule has 0 spiro atoms. The number of nitrogens with zero attached hydrogens (tertiary/aromatic N) is 3. The second-order valence-electron chi connectivity index (χ2n) is 8.22. The summed E-state index contributed by atoms with van der Waals surface area (Å²) in [4.78, 5) is 12.5. The van der Waals surface area contributed by atoms with E-state index in [1.165, 1.54) is 58.7 Å². The van der Waals surface area contributed by atoms with Crippen molar-refractivity contribution < 1.29 is 0 Å². The summed E-state index contributed by atoms with van der Waals surface area (Å²) in [5.74, 6) is 0.733. The molecule has 3 aliphatic rings. The standard InChI is InChI=1S/C20H25N3S/c1-13-3-5-16(21-11-13)14-4-6-18-17(9-14)22-19(24-18)20-8-7-15(10-20)23(2)12-20/h4,6,9,13,15H,3,5,7-8,10-12H2,1-2H3. The number of likely N-dealkylation sites (tertiary alicyclic amines) is 1. The Morgan fingerprint density at radius 2 is 2.21 bits per heavy atom. The van der Waals surface area contributed by atoms with E-state index in [2.05, 4.69) is 37.1 Å². The van der Waals surface area contributed by atoms with E-state index in [0.717, 1.165) is 24.9 Å². The lowest BCUT2D eigenvalue weighted by atomic mass is 9.88. The number of piperidine rings is 1. The van der Waals surface area contributed by atoms with Crippen molar-refractivity contribution >= 4 is 27.3 Å². The number of fused-ring (bicyclic) bond motifs is 3. The van der Waals surface area contributed by atoms with Gasteiger partial charge in [0, 0.05) is 30.3 Å². The van der Waals surface area contributed by atoms with Gasteiger partial charge in [0.25, 0.3) is 0 Å². The molecule has 1 aliphatic carbocycles. The van der Waals surface area contributed by atoms with Crippen LogP contribution in [0.2, 0.25) is 0 Å².